The van der Waals surface area contributed by atoms with Crippen molar-refractivity contribution in [3.8, 4) is 5.75 Å². The van der Waals surface area contributed by atoms with Gasteiger partial charge >= 0.3 is 5.97 Å². The first-order valence-corrected chi connectivity index (χ1v) is 11.9. The summed E-state index contributed by atoms with van der Waals surface area (Å²) < 4.78 is 23.7. The van der Waals surface area contributed by atoms with Gasteiger partial charge in [-0.3, -0.25) is 14.2 Å². The average molecular weight is 531 g/mol. The van der Waals surface area contributed by atoms with Crippen molar-refractivity contribution in [3.05, 3.63) is 74.4 Å². The third-order valence-corrected chi connectivity index (χ3v) is 6.88. The molecule has 0 bridgehead atoms. The number of nitrogens with zero attached hydrogens (tertiary/aromatic N) is 2. The molecule has 0 saturated carbocycles. The second-order valence-corrected chi connectivity index (χ2v) is 9.20. The van der Waals surface area contributed by atoms with Crippen molar-refractivity contribution in [2.45, 2.75) is 37.8 Å². The molecule has 5 rings (SSSR count). The molecular weight excluding hydrogens is 508 g/mol. The van der Waals surface area contributed by atoms with Gasteiger partial charge in [0.25, 0.3) is 11.0 Å². The predicted molar refractivity (Wildman–Crippen MR) is 129 cm³/mol. The third kappa shape index (κ3) is 4.73. The monoisotopic (exact) mass is 530 g/mol. The summed E-state index contributed by atoms with van der Waals surface area (Å²) in [5.41, 5.74) is 2.24. The minimum absolute atomic E-state index is 0.0300. The smallest absolute Gasteiger partial charge is 0.310 e. The van der Waals surface area contributed by atoms with Gasteiger partial charge < -0.3 is 23.8 Å². The van der Waals surface area contributed by atoms with E-state index in [9.17, 15) is 19.7 Å². The quantitative estimate of drug-likeness (QED) is 0.257. The SMILES string of the molecule is COc1ccc2c(c1)c(CC(=O)O[C@H]1CO[C@H]3[C@@H]1OC[C@H]3O[N+](=O)[O-])c(C)n2C(=O)c1ccc(Cl)cc1. The number of fused-ring (bicyclic) bond motifs is 2. The van der Waals surface area contributed by atoms with Gasteiger partial charge in [0.2, 0.25) is 0 Å². The van der Waals surface area contributed by atoms with E-state index < -0.39 is 35.5 Å². The van der Waals surface area contributed by atoms with E-state index in [1.807, 2.05) is 0 Å². The molecule has 0 aliphatic carbocycles. The van der Waals surface area contributed by atoms with Crippen LogP contribution in [0.4, 0.5) is 0 Å². The van der Waals surface area contributed by atoms with Gasteiger partial charge in [-0.15, -0.1) is 10.1 Å². The molecule has 0 radical (unpaired) electrons. The summed E-state index contributed by atoms with van der Waals surface area (Å²) in [6.07, 6.45) is -3.11. The van der Waals surface area contributed by atoms with E-state index in [-0.39, 0.29) is 25.5 Å². The number of halogens is 1. The lowest BCUT2D eigenvalue weighted by atomic mass is 10.1. The minimum atomic E-state index is -0.892. The van der Waals surface area contributed by atoms with Gasteiger partial charge in [-0.25, -0.2) is 0 Å². The zero-order valence-corrected chi connectivity index (χ0v) is 20.7. The maximum atomic E-state index is 13.4. The zero-order valence-electron chi connectivity index (χ0n) is 19.9. The molecule has 12 heteroatoms. The Hall–Kier alpha value is -3.67. The topological polar surface area (TPSA) is 128 Å². The van der Waals surface area contributed by atoms with Gasteiger partial charge in [0.1, 0.15) is 18.0 Å². The van der Waals surface area contributed by atoms with E-state index in [1.54, 1.807) is 54.0 Å². The fourth-order valence-corrected chi connectivity index (χ4v) is 5.01. The highest BCUT2D eigenvalue weighted by Gasteiger charge is 2.51. The fraction of sp³-hybridized carbons (Fsp3) is 0.360. The standard InChI is InChI=1S/C25H23ClN2O9/c1-13-17(10-22(29)36-20-11-34-24-21(37-28(31)32)12-35-23(20)24)18-9-16(33-2)7-8-19(18)27(13)25(30)14-3-5-15(26)6-4-14/h3-9,20-21,23-24H,10-12H2,1-2H3/t20-,21+,23+,24+/m0/s1. The lowest BCUT2D eigenvalue weighted by Crippen LogP contribution is -2.36. The summed E-state index contributed by atoms with van der Waals surface area (Å²) in [5.74, 6) is -0.256. The highest BCUT2D eigenvalue weighted by molar-refractivity contribution is 6.30. The predicted octanol–water partition coefficient (Wildman–Crippen LogP) is 3.13. The number of hydrogen-bond donors (Lipinski definition) is 0. The highest BCUT2D eigenvalue weighted by atomic mass is 35.5. The Morgan fingerprint density at radius 3 is 2.46 bits per heavy atom. The number of aromatic nitrogens is 1. The van der Waals surface area contributed by atoms with Crippen LogP contribution >= 0.6 is 11.6 Å². The second kappa shape index (κ2) is 10.0. The highest BCUT2D eigenvalue weighted by Crippen LogP contribution is 2.33. The first-order valence-electron chi connectivity index (χ1n) is 11.5. The van der Waals surface area contributed by atoms with Crippen molar-refractivity contribution in [3.63, 3.8) is 0 Å². The van der Waals surface area contributed by atoms with Crippen molar-refractivity contribution >= 4 is 34.4 Å². The van der Waals surface area contributed by atoms with E-state index in [4.69, 9.17) is 30.5 Å². The van der Waals surface area contributed by atoms with E-state index in [0.717, 1.165) is 0 Å². The van der Waals surface area contributed by atoms with Gasteiger partial charge in [-0.1, -0.05) is 11.6 Å². The number of hydrogen-bond acceptors (Lipinski definition) is 9. The van der Waals surface area contributed by atoms with Crippen LogP contribution in [0.5, 0.6) is 5.75 Å². The summed E-state index contributed by atoms with van der Waals surface area (Å²) in [7, 11) is 1.53. The van der Waals surface area contributed by atoms with Crippen LogP contribution in [0.1, 0.15) is 21.6 Å². The summed E-state index contributed by atoms with van der Waals surface area (Å²) >= 11 is 5.98. The summed E-state index contributed by atoms with van der Waals surface area (Å²) in [4.78, 5) is 41.8. The van der Waals surface area contributed by atoms with Crippen molar-refractivity contribution in [2.24, 2.45) is 0 Å². The lowest BCUT2D eigenvalue weighted by Gasteiger charge is -2.17. The Balaban J connectivity index is 1.40. The van der Waals surface area contributed by atoms with Crippen molar-refractivity contribution in [1.82, 2.24) is 4.57 Å². The van der Waals surface area contributed by atoms with Gasteiger partial charge in [-0.2, -0.15) is 0 Å². The molecule has 2 aliphatic rings. The van der Waals surface area contributed by atoms with E-state index in [2.05, 4.69) is 4.84 Å². The number of rotatable bonds is 7. The fourth-order valence-electron chi connectivity index (χ4n) is 4.88. The Morgan fingerprint density at radius 1 is 1.11 bits per heavy atom. The van der Waals surface area contributed by atoms with Crippen molar-refractivity contribution in [1.29, 1.82) is 0 Å². The minimum Gasteiger partial charge on any atom is -0.497 e. The molecule has 1 aromatic heterocycles. The van der Waals surface area contributed by atoms with E-state index in [1.165, 1.54) is 7.11 Å². The molecule has 3 heterocycles. The van der Waals surface area contributed by atoms with Crippen LogP contribution in [0.15, 0.2) is 42.5 Å². The summed E-state index contributed by atoms with van der Waals surface area (Å²) in [6, 6.07) is 11.8. The van der Waals surface area contributed by atoms with Gasteiger partial charge in [0, 0.05) is 21.7 Å². The largest absolute Gasteiger partial charge is 0.497 e. The van der Waals surface area contributed by atoms with Crippen LogP contribution in [0.3, 0.4) is 0 Å². The number of carbonyl (C=O) groups excluding carboxylic acids is 2. The number of carbonyl (C=O) groups is 2. The van der Waals surface area contributed by atoms with Crippen LogP contribution in [0.25, 0.3) is 10.9 Å². The van der Waals surface area contributed by atoms with Crippen LogP contribution in [-0.2, 0) is 30.3 Å². The van der Waals surface area contributed by atoms with Crippen LogP contribution in [0.2, 0.25) is 5.02 Å². The Morgan fingerprint density at radius 2 is 1.78 bits per heavy atom. The number of benzene rings is 2. The molecule has 0 spiro atoms. The molecule has 37 heavy (non-hydrogen) atoms. The molecule has 2 fully saturated rings. The first kappa shape index (κ1) is 25.0. The molecule has 2 aliphatic heterocycles. The Kier molecular flexibility index (Phi) is 6.76. The second-order valence-electron chi connectivity index (χ2n) is 8.76. The first-order chi connectivity index (χ1) is 17.8. The molecule has 0 N–H and O–H groups in total. The molecule has 11 nitrogen and oxygen atoms in total. The maximum absolute atomic E-state index is 13.4. The van der Waals surface area contributed by atoms with Crippen LogP contribution in [-0.4, -0.2) is 66.3 Å². The van der Waals surface area contributed by atoms with Crippen molar-refractivity contribution < 1.29 is 38.5 Å². The summed E-state index contributed by atoms with van der Waals surface area (Å²) in [6.45, 7) is 1.75. The maximum Gasteiger partial charge on any atom is 0.310 e. The molecule has 4 atom stereocenters. The van der Waals surface area contributed by atoms with Gasteiger partial charge in [0.15, 0.2) is 12.2 Å². The molecule has 3 aromatic rings. The number of ether oxygens (including phenoxy) is 4. The molecule has 0 unspecified atom stereocenters. The molecule has 0 amide bonds. The molecular formula is C25H23ClN2O9. The zero-order chi connectivity index (χ0) is 26.3. The van der Waals surface area contributed by atoms with Crippen molar-refractivity contribution in [2.75, 3.05) is 20.3 Å². The Bertz CT molecular complexity index is 1370. The molecule has 194 valence electrons. The lowest BCUT2D eigenvalue weighted by molar-refractivity contribution is -0.769. The van der Waals surface area contributed by atoms with Gasteiger partial charge in [-0.05, 0) is 55.0 Å². The van der Waals surface area contributed by atoms with Gasteiger partial charge in [0.05, 0.1) is 32.3 Å². The van der Waals surface area contributed by atoms with E-state index in [0.29, 0.717) is 38.5 Å². The number of esters is 1. The van der Waals surface area contributed by atoms with E-state index >= 15 is 0 Å². The third-order valence-electron chi connectivity index (χ3n) is 6.62. The van der Waals surface area contributed by atoms with Crippen LogP contribution in [0, 0.1) is 17.0 Å². The number of methoxy groups -OCH3 is 1. The van der Waals surface area contributed by atoms with Crippen LogP contribution < -0.4 is 4.74 Å². The average Bonchev–Trinajstić information content (AvgIpc) is 3.53. The summed E-state index contributed by atoms with van der Waals surface area (Å²) in [5, 5.41) is 11.0. The normalized spacial score (nSPS) is 22.6. The Labute approximate surface area is 215 Å². The molecule has 2 aromatic carbocycles. The molecule has 2 saturated heterocycles.